The minimum absolute atomic E-state index is 0.159. The lowest BCUT2D eigenvalue weighted by Crippen LogP contribution is -2.62. The van der Waals surface area contributed by atoms with Crippen LogP contribution in [0.5, 0.6) is 0 Å². The molecule has 0 aliphatic heterocycles. The van der Waals surface area contributed by atoms with E-state index in [1.165, 1.54) is 6.42 Å². The van der Waals surface area contributed by atoms with Crippen LogP contribution in [0.3, 0.4) is 0 Å². The van der Waals surface area contributed by atoms with Gasteiger partial charge in [0.1, 0.15) is 0 Å². The molecule has 29 heavy (non-hydrogen) atoms. The van der Waals surface area contributed by atoms with E-state index in [1.807, 2.05) is 0 Å². The molecule has 0 saturated heterocycles. The van der Waals surface area contributed by atoms with Crippen molar-refractivity contribution in [1.82, 2.24) is 0 Å². The van der Waals surface area contributed by atoms with Crippen LogP contribution in [-0.2, 0) is 4.79 Å². The van der Waals surface area contributed by atoms with Crippen molar-refractivity contribution in [2.45, 2.75) is 97.7 Å². The monoisotopic (exact) mass is 406 g/mol. The molecule has 0 spiro atoms. The van der Waals surface area contributed by atoms with Gasteiger partial charge in [0.15, 0.2) is 0 Å². The van der Waals surface area contributed by atoms with Gasteiger partial charge in [0, 0.05) is 6.42 Å². The molecule has 5 unspecified atom stereocenters. The zero-order valence-corrected chi connectivity index (χ0v) is 18.8. The van der Waals surface area contributed by atoms with Crippen LogP contribution in [-0.4, -0.2) is 33.5 Å². The summed E-state index contributed by atoms with van der Waals surface area (Å²) < 4.78 is 0. The summed E-state index contributed by atoms with van der Waals surface area (Å²) in [4.78, 5) is 11.4. The van der Waals surface area contributed by atoms with Gasteiger partial charge >= 0.3 is 5.97 Å². The Balaban J connectivity index is 1.66. The molecular weight excluding hydrogens is 364 g/mol. The molecule has 0 amide bonds. The number of hydrogen-bond donors (Lipinski definition) is 3. The van der Waals surface area contributed by atoms with Gasteiger partial charge in [-0.15, -0.1) is 0 Å². The lowest BCUT2D eigenvalue weighted by atomic mass is 9.41. The fourth-order valence-electron chi connectivity index (χ4n) is 9.35. The number of hydrogen-bond acceptors (Lipinski definition) is 3. The Morgan fingerprint density at radius 3 is 2.31 bits per heavy atom. The first-order chi connectivity index (χ1) is 13.6. The van der Waals surface area contributed by atoms with E-state index >= 15 is 0 Å². The van der Waals surface area contributed by atoms with E-state index in [9.17, 15) is 20.1 Å². The summed E-state index contributed by atoms with van der Waals surface area (Å²) in [5, 5.41) is 31.4. The summed E-state index contributed by atoms with van der Waals surface area (Å²) in [5.74, 6) is 2.09. The normalized spacial score (nSPS) is 52.9. The van der Waals surface area contributed by atoms with Crippen molar-refractivity contribution in [3.63, 3.8) is 0 Å². The zero-order valence-electron chi connectivity index (χ0n) is 18.8. The summed E-state index contributed by atoms with van der Waals surface area (Å²) in [7, 11) is 0. The number of aliphatic hydroxyl groups excluding tert-OH is 2. The molecule has 4 aliphatic rings. The van der Waals surface area contributed by atoms with Gasteiger partial charge in [-0.3, -0.25) is 4.79 Å². The standard InChI is InChI=1S/C25H42O4/c1-5-16-20-13-15(26)8-10-25(20,4)19-9-11-24(3)17(14(2)12-21(27)28)6-7-18(24)22(19)23(16)29/h14-20,22-23,26,29H,5-13H2,1-4H3,(H,27,28)/t14-,15-,16-,17-,18?,19?,20?,22?,23?,24-,25-/m1/s1. The SMILES string of the molecule is CC[C@H]1C(O)C2C(CC[C@@]3(C)C2CC[C@@H]3[C@H](C)CC(=O)O)[C@@]2(C)CC[C@@H](O)CC12. The maximum atomic E-state index is 11.7. The number of aliphatic carboxylic acids is 1. The Hall–Kier alpha value is -0.610. The number of carboxylic acid groups (broad SMARTS) is 1. The molecule has 4 aliphatic carbocycles. The first-order valence-corrected chi connectivity index (χ1v) is 12.2. The Labute approximate surface area is 176 Å². The Morgan fingerprint density at radius 1 is 1.00 bits per heavy atom. The van der Waals surface area contributed by atoms with Crippen molar-refractivity contribution in [2.24, 2.45) is 52.3 Å². The number of aliphatic hydroxyl groups is 2. The Morgan fingerprint density at radius 2 is 1.66 bits per heavy atom. The molecule has 4 fully saturated rings. The third-order valence-electron chi connectivity index (χ3n) is 10.6. The predicted octanol–water partition coefficient (Wildman–Crippen LogP) is 4.72. The molecule has 0 radical (unpaired) electrons. The molecule has 0 bridgehead atoms. The van der Waals surface area contributed by atoms with Crippen LogP contribution in [0.4, 0.5) is 0 Å². The first kappa shape index (κ1) is 21.6. The Kier molecular flexibility index (Phi) is 5.60. The van der Waals surface area contributed by atoms with E-state index in [2.05, 4.69) is 27.7 Å². The quantitative estimate of drug-likeness (QED) is 0.631. The molecule has 4 nitrogen and oxygen atoms in total. The third-order valence-corrected chi connectivity index (χ3v) is 10.6. The summed E-state index contributed by atoms with van der Waals surface area (Å²) >= 11 is 0. The third kappa shape index (κ3) is 3.19. The highest BCUT2D eigenvalue weighted by atomic mass is 16.4. The van der Waals surface area contributed by atoms with Crippen molar-refractivity contribution in [3.05, 3.63) is 0 Å². The average molecular weight is 407 g/mol. The number of fused-ring (bicyclic) bond motifs is 5. The highest BCUT2D eigenvalue weighted by Gasteiger charge is 2.64. The van der Waals surface area contributed by atoms with Gasteiger partial charge in [-0.05, 0) is 97.2 Å². The van der Waals surface area contributed by atoms with Gasteiger partial charge < -0.3 is 15.3 Å². The smallest absolute Gasteiger partial charge is 0.303 e. The van der Waals surface area contributed by atoms with Gasteiger partial charge in [-0.2, -0.15) is 0 Å². The van der Waals surface area contributed by atoms with E-state index < -0.39 is 5.97 Å². The van der Waals surface area contributed by atoms with Gasteiger partial charge in [0.25, 0.3) is 0 Å². The van der Waals surface area contributed by atoms with Gasteiger partial charge in [-0.1, -0.05) is 34.1 Å². The van der Waals surface area contributed by atoms with Crippen molar-refractivity contribution in [1.29, 1.82) is 0 Å². The van der Waals surface area contributed by atoms with E-state index in [0.29, 0.717) is 29.6 Å². The van der Waals surface area contributed by atoms with Crippen LogP contribution >= 0.6 is 0 Å². The van der Waals surface area contributed by atoms with Crippen molar-refractivity contribution in [2.75, 3.05) is 0 Å². The summed E-state index contributed by atoms with van der Waals surface area (Å²) in [5.41, 5.74) is 0.391. The molecule has 4 saturated carbocycles. The van der Waals surface area contributed by atoms with Crippen molar-refractivity contribution < 1.29 is 20.1 Å². The molecule has 0 aromatic rings. The van der Waals surface area contributed by atoms with Crippen molar-refractivity contribution in [3.8, 4) is 0 Å². The number of carbonyl (C=O) groups is 1. The molecule has 0 aromatic carbocycles. The van der Waals surface area contributed by atoms with Crippen LogP contribution in [0.25, 0.3) is 0 Å². The van der Waals surface area contributed by atoms with Crippen LogP contribution in [0.1, 0.15) is 85.5 Å². The lowest BCUT2D eigenvalue weighted by Gasteiger charge is -2.64. The molecular formula is C25H42O4. The highest BCUT2D eigenvalue weighted by molar-refractivity contribution is 5.67. The first-order valence-electron chi connectivity index (χ1n) is 12.2. The second kappa shape index (κ2) is 7.51. The fraction of sp³-hybridized carbons (Fsp3) is 0.960. The molecule has 166 valence electrons. The summed E-state index contributed by atoms with van der Waals surface area (Å²) in [6, 6.07) is 0. The summed E-state index contributed by atoms with van der Waals surface area (Å²) in [6.07, 6.45) is 8.21. The van der Waals surface area contributed by atoms with E-state index in [4.69, 9.17) is 0 Å². The number of rotatable bonds is 4. The van der Waals surface area contributed by atoms with Crippen LogP contribution in [0, 0.1) is 52.3 Å². The highest BCUT2D eigenvalue weighted by Crippen LogP contribution is 2.69. The number of carboxylic acids is 1. The minimum atomic E-state index is -0.682. The predicted molar refractivity (Wildman–Crippen MR) is 113 cm³/mol. The lowest BCUT2D eigenvalue weighted by molar-refractivity contribution is -0.203. The second-order valence-electron chi connectivity index (χ2n) is 11.7. The summed E-state index contributed by atoms with van der Waals surface area (Å²) in [6.45, 7) is 9.23. The fourth-order valence-corrected chi connectivity index (χ4v) is 9.35. The Bertz CT molecular complexity index is 634. The largest absolute Gasteiger partial charge is 0.481 e. The molecule has 0 heterocycles. The van der Waals surface area contributed by atoms with Gasteiger partial charge in [-0.25, -0.2) is 0 Å². The van der Waals surface area contributed by atoms with Gasteiger partial charge in [0.05, 0.1) is 12.2 Å². The van der Waals surface area contributed by atoms with Crippen LogP contribution in [0.2, 0.25) is 0 Å². The molecule has 11 atom stereocenters. The topological polar surface area (TPSA) is 77.8 Å². The maximum Gasteiger partial charge on any atom is 0.303 e. The van der Waals surface area contributed by atoms with Crippen LogP contribution < -0.4 is 0 Å². The average Bonchev–Trinajstić information content (AvgIpc) is 3.00. The van der Waals surface area contributed by atoms with Gasteiger partial charge in [0.2, 0.25) is 0 Å². The maximum absolute atomic E-state index is 11.7. The zero-order chi connectivity index (χ0) is 21.1. The molecule has 0 aromatic heterocycles. The minimum Gasteiger partial charge on any atom is -0.481 e. The second-order valence-corrected chi connectivity index (χ2v) is 11.7. The van der Waals surface area contributed by atoms with Crippen molar-refractivity contribution >= 4 is 5.97 Å². The van der Waals surface area contributed by atoms with E-state index in [1.54, 1.807) is 0 Å². The van der Waals surface area contributed by atoms with E-state index in [0.717, 1.165) is 44.9 Å². The molecule has 4 rings (SSSR count). The molecule has 4 heteroatoms. The van der Waals surface area contributed by atoms with E-state index in [-0.39, 0.29) is 41.3 Å². The molecule has 3 N–H and O–H groups in total. The van der Waals surface area contributed by atoms with Crippen LogP contribution in [0.15, 0.2) is 0 Å².